The molecule has 1 aliphatic heterocycles. The Bertz CT molecular complexity index is 957. The molecule has 2 aromatic rings. The van der Waals surface area contributed by atoms with Crippen LogP contribution in [-0.4, -0.2) is 52.3 Å². The molecule has 1 aliphatic rings. The number of alkyl halides is 3. The number of hydrogen-bond acceptors (Lipinski definition) is 7. The zero-order chi connectivity index (χ0) is 22.8. The molecule has 8 nitrogen and oxygen atoms in total. The molecule has 1 amide bonds. The average molecular weight is 459 g/mol. The van der Waals surface area contributed by atoms with E-state index in [1.54, 1.807) is 6.07 Å². The number of anilines is 2. The Morgan fingerprint density at radius 2 is 2.06 bits per heavy atom. The van der Waals surface area contributed by atoms with Crippen molar-refractivity contribution in [2.45, 2.75) is 45.0 Å². The molecule has 0 radical (unpaired) electrons. The molecule has 0 aliphatic carbocycles. The molecule has 0 fully saturated rings. The molecule has 3 N–H and O–H groups in total. The molecule has 0 saturated carbocycles. The Hall–Kier alpha value is -2.82. The smallest absolute Gasteiger partial charge is 0.405 e. The zero-order valence-corrected chi connectivity index (χ0v) is 17.8. The maximum absolute atomic E-state index is 12.4. The van der Waals surface area contributed by atoms with Gasteiger partial charge >= 0.3 is 6.18 Å². The van der Waals surface area contributed by atoms with Gasteiger partial charge in [-0.2, -0.15) is 13.2 Å². The van der Waals surface area contributed by atoms with E-state index in [0.717, 1.165) is 5.56 Å². The molecule has 2 aromatic heterocycles. The fourth-order valence-electron chi connectivity index (χ4n) is 3.01. The van der Waals surface area contributed by atoms with Gasteiger partial charge in [0, 0.05) is 18.3 Å². The summed E-state index contributed by atoms with van der Waals surface area (Å²) in [5.74, 6) is 0.522. The first-order valence-corrected chi connectivity index (χ1v) is 9.95. The van der Waals surface area contributed by atoms with Gasteiger partial charge in [0.1, 0.15) is 24.2 Å². The number of carbonyl (C=O) groups is 1. The number of halogens is 4. The van der Waals surface area contributed by atoms with Crippen LogP contribution >= 0.6 is 11.6 Å². The van der Waals surface area contributed by atoms with Crippen molar-refractivity contribution in [2.75, 3.05) is 23.7 Å². The number of pyridine rings is 1. The number of hydrogen-bond donors (Lipinski definition) is 3. The number of fused-ring (bicyclic) bond motifs is 1. The third-order valence-corrected chi connectivity index (χ3v) is 4.60. The molecule has 1 unspecified atom stereocenters. The number of nitrogens with one attached hydrogen (secondary N) is 3. The summed E-state index contributed by atoms with van der Waals surface area (Å²) in [5, 5.41) is 8.31. The van der Waals surface area contributed by atoms with E-state index >= 15 is 0 Å². The molecular formula is C19H22ClF3N6O2. The number of carbonyl (C=O) groups excluding carboxylic acids is 1. The second-order valence-corrected chi connectivity index (χ2v) is 7.77. The van der Waals surface area contributed by atoms with Crippen molar-refractivity contribution in [1.82, 2.24) is 20.3 Å². The van der Waals surface area contributed by atoms with Crippen LogP contribution < -0.4 is 20.7 Å². The Morgan fingerprint density at radius 3 is 2.74 bits per heavy atom. The van der Waals surface area contributed by atoms with Crippen molar-refractivity contribution in [3.63, 3.8) is 0 Å². The molecule has 0 aromatic carbocycles. The molecule has 0 bridgehead atoms. The van der Waals surface area contributed by atoms with E-state index in [1.807, 2.05) is 19.2 Å². The number of rotatable bonds is 7. The van der Waals surface area contributed by atoms with Gasteiger partial charge in [0.05, 0.1) is 23.2 Å². The zero-order valence-electron chi connectivity index (χ0n) is 17.0. The van der Waals surface area contributed by atoms with Crippen molar-refractivity contribution in [1.29, 1.82) is 0 Å². The summed E-state index contributed by atoms with van der Waals surface area (Å²) < 4.78 is 42.9. The monoisotopic (exact) mass is 458 g/mol. The summed E-state index contributed by atoms with van der Waals surface area (Å²) in [6.45, 7) is 4.13. The molecule has 2 atom stereocenters. The Labute approximate surface area is 182 Å². The van der Waals surface area contributed by atoms with Crippen LogP contribution in [0.25, 0.3) is 0 Å². The third-order valence-electron chi connectivity index (χ3n) is 4.39. The predicted molar refractivity (Wildman–Crippen MR) is 110 cm³/mol. The minimum atomic E-state index is -4.50. The highest BCUT2D eigenvalue weighted by Gasteiger charge is 2.30. The normalized spacial score (nSPS) is 16.5. The van der Waals surface area contributed by atoms with Gasteiger partial charge in [0.25, 0.3) is 0 Å². The summed E-state index contributed by atoms with van der Waals surface area (Å²) in [5.41, 5.74) is 0.826. The lowest BCUT2D eigenvalue weighted by atomic mass is 10.0. The standard InChI is InChI=1S/C19H22ClF3N6O2/c1-9(2)31-14-7-26-16(13-6-25-15-12(13)4-11(20)5-24-15)29-17(14)28-10(3)18(30)27-8-19(21,22)23/h4-5,7,9-10,13H,6,8H2,1-3H3,(H,24,25)(H,27,30)(H,26,28,29)/t10-,13?/m0/s1. The number of aromatic nitrogens is 3. The van der Waals surface area contributed by atoms with Crippen LogP contribution in [-0.2, 0) is 4.79 Å². The Balaban J connectivity index is 1.85. The predicted octanol–water partition coefficient (Wildman–Crippen LogP) is 3.35. The highest BCUT2D eigenvalue weighted by atomic mass is 35.5. The molecule has 3 heterocycles. The van der Waals surface area contributed by atoms with Gasteiger partial charge < -0.3 is 20.7 Å². The summed E-state index contributed by atoms with van der Waals surface area (Å²) in [6.07, 6.45) is -1.70. The summed E-state index contributed by atoms with van der Waals surface area (Å²) in [6, 6.07) is 0.779. The number of ether oxygens (including phenoxy) is 1. The molecule has 0 saturated heterocycles. The molecule has 168 valence electrons. The largest absolute Gasteiger partial charge is 0.486 e. The van der Waals surface area contributed by atoms with E-state index < -0.39 is 24.7 Å². The summed E-state index contributed by atoms with van der Waals surface area (Å²) >= 11 is 6.07. The Morgan fingerprint density at radius 1 is 1.32 bits per heavy atom. The van der Waals surface area contributed by atoms with Gasteiger partial charge in [-0.15, -0.1) is 0 Å². The van der Waals surface area contributed by atoms with Crippen molar-refractivity contribution < 1.29 is 22.7 Å². The lowest BCUT2D eigenvalue weighted by molar-refractivity contribution is -0.138. The fraction of sp³-hybridized carbons (Fsp3) is 0.474. The SMILES string of the molecule is CC(C)Oc1cnc(C2CNc3ncc(Cl)cc32)nc1N[C@@H](C)C(=O)NCC(F)(F)F. The number of amides is 1. The first-order chi connectivity index (χ1) is 14.5. The van der Waals surface area contributed by atoms with Crippen LogP contribution in [0.5, 0.6) is 5.75 Å². The van der Waals surface area contributed by atoms with E-state index in [0.29, 0.717) is 23.2 Å². The Kier molecular flexibility index (Phi) is 6.73. The second kappa shape index (κ2) is 9.13. The first kappa shape index (κ1) is 22.9. The number of nitrogens with zero attached hydrogens (tertiary/aromatic N) is 3. The maximum Gasteiger partial charge on any atom is 0.405 e. The van der Waals surface area contributed by atoms with Crippen LogP contribution in [0.3, 0.4) is 0 Å². The quantitative estimate of drug-likeness (QED) is 0.585. The van der Waals surface area contributed by atoms with Crippen molar-refractivity contribution in [2.24, 2.45) is 0 Å². The molecule has 3 rings (SSSR count). The minimum Gasteiger partial charge on any atom is -0.486 e. The first-order valence-electron chi connectivity index (χ1n) is 9.57. The van der Waals surface area contributed by atoms with Gasteiger partial charge in [-0.3, -0.25) is 4.79 Å². The molecule has 0 spiro atoms. The lowest BCUT2D eigenvalue weighted by Crippen LogP contribution is -2.42. The van der Waals surface area contributed by atoms with E-state index in [4.69, 9.17) is 16.3 Å². The lowest BCUT2D eigenvalue weighted by Gasteiger charge is -2.20. The van der Waals surface area contributed by atoms with Crippen LogP contribution in [0.15, 0.2) is 18.5 Å². The van der Waals surface area contributed by atoms with Crippen LogP contribution in [0.4, 0.5) is 24.8 Å². The van der Waals surface area contributed by atoms with Gasteiger partial charge in [0.15, 0.2) is 11.6 Å². The topological polar surface area (TPSA) is 101 Å². The highest BCUT2D eigenvalue weighted by molar-refractivity contribution is 6.30. The van der Waals surface area contributed by atoms with E-state index in [1.165, 1.54) is 19.3 Å². The second-order valence-electron chi connectivity index (χ2n) is 7.33. The third kappa shape index (κ3) is 5.87. The van der Waals surface area contributed by atoms with E-state index in [-0.39, 0.29) is 23.6 Å². The van der Waals surface area contributed by atoms with Crippen LogP contribution in [0, 0.1) is 0 Å². The fourth-order valence-corrected chi connectivity index (χ4v) is 3.18. The molecular weight excluding hydrogens is 437 g/mol. The van der Waals surface area contributed by atoms with Crippen molar-refractivity contribution in [3.05, 3.63) is 34.9 Å². The molecule has 31 heavy (non-hydrogen) atoms. The van der Waals surface area contributed by atoms with Crippen molar-refractivity contribution >= 4 is 29.1 Å². The van der Waals surface area contributed by atoms with Gasteiger partial charge in [-0.1, -0.05) is 11.6 Å². The van der Waals surface area contributed by atoms with E-state index in [9.17, 15) is 18.0 Å². The van der Waals surface area contributed by atoms with Crippen LogP contribution in [0.1, 0.15) is 38.1 Å². The van der Waals surface area contributed by atoms with Gasteiger partial charge in [0.2, 0.25) is 5.91 Å². The van der Waals surface area contributed by atoms with E-state index in [2.05, 4.69) is 25.6 Å². The van der Waals surface area contributed by atoms with Crippen LogP contribution in [0.2, 0.25) is 5.02 Å². The average Bonchev–Trinajstić information content (AvgIpc) is 3.09. The summed E-state index contributed by atoms with van der Waals surface area (Å²) in [7, 11) is 0. The minimum absolute atomic E-state index is 0.205. The highest BCUT2D eigenvalue weighted by Crippen LogP contribution is 2.36. The van der Waals surface area contributed by atoms with Gasteiger partial charge in [-0.25, -0.2) is 15.0 Å². The van der Waals surface area contributed by atoms with Gasteiger partial charge in [-0.05, 0) is 26.8 Å². The maximum atomic E-state index is 12.4. The summed E-state index contributed by atoms with van der Waals surface area (Å²) in [4.78, 5) is 25.2. The molecule has 12 heteroatoms. The van der Waals surface area contributed by atoms with Crippen molar-refractivity contribution in [3.8, 4) is 5.75 Å².